The largest absolute Gasteiger partial charge is 0.379 e. The summed E-state index contributed by atoms with van der Waals surface area (Å²) in [5.41, 5.74) is 3.90. The van der Waals surface area contributed by atoms with Gasteiger partial charge in [0, 0.05) is 7.11 Å². The number of methoxy groups -OCH3 is 1. The molecule has 0 amide bonds. The Hall–Kier alpha value is -0.320. The van der Waals surface area contributed by atoms with Crippen LogP contribution in [0, 0.1) is 5.92 Å². The van der Waals surface area contributed by atoms with E-state index in [1.165, 1.54) is 32.1 Å². The average Bonchev–Trinajstić information content (AvgIpc) is 2.48. The van der Waals surface area contributed by atoms with E-state index in [9.17, 15) is 0 Å². The van der Waals surface area contributed by atoms with Gasteiger partial charge in [-0.05, 0) is 36.5 Å². The molecule has 2 rings (SSSR count). The van der Waals surface area contributed by atoms with Gasteiger partial charge in [0.1, 0.15) is 0 Å². The van der Waals surface area contributed by atoms with Crippen molar-refractivity contribution in [3.63, 3.8) is 0 Å². The smallest absolute Gasteiger partial charge is 0.0806 e. The molecular formula is C15H22Cl2N2O. The Balaban J connectivity index is 2.21. The third-order valence-electron chi connectivity index (χ3n) is 4.20. The lowest BCUT2D eigenvalue weighted by molar-refractivity contribution is 0.00750. The van der Waals surface area contributed by atoms with Gasteiger partial charge < -0.3 is 4.74 Å². The minimum Gasteiger partial charge on any atom is -0.379 e. The summed E-state index contributed by atoms with van der Waals surface area (Å²) in [6.07, 6.45) is 6.29. The van der Waals surface area contributed by atoms with Crippen molar-refractivity contribution in [2.75, 3.05) is 7.11 Å². The molecule has 0 aliphatic heterocycles. The fraction of sp³-hybridized carbons (Fsp3) is 0.600. The van der Waals surface area contributed by atoms with Crippen molar-refractivity contribution < 1.29 is 4.74 Å². The highest BCUT2D eigenvalue weighted by Crippen LogP contribution is 2.35. The first kappa shape index (κ1) is 16.1. The van der Waals surface area contributed by atoms with Gasteiger partial charge >= 0.3 is 0 Å². The minimum atomic E-state index is -0.0714. The number of benzene rings is 1. The predicted molar refractivity (Wildman–Crippen MR) is 83.9 cm³/mol. The second kappa shape index (κ2) is 7.62. The monoisotopic (exact) mass is 316 g/mol. The molecule has 1 aromatic carbocycles. The van der Waals surface area contributed by atoms with E-state index in [1.807, 2.05) is 12.1 Å². The Morgan fingerprint density at radius 1 is 1.20 bits per heavy atom. The van der Waals surface area contributed by atoms with Gasteiger partial charge in [0.15, 0.2) is 0 Å². The highest BCUT2D eigenvalue weighted by molar-refractivity contribution is 6.42. The molecule has 112 valence electrons. The molecule has 0 heterocycles. The summed E-state index contributed by atoms with van der Waals surface area (Å²) in [5, 5.41) is 1.10. The van der Waals surface area contributed by atoms with Crippen LogP contribution >= 0.6 is 23.2 Å². The summed E-state index contributed by atoms with van der Waals surface area (Å²) >= 11 is 12.1. The maximum atomic E-state index is 6.11. The van der Waals surface area contributed by atoms with Crippen LogP contribution in [-0.2, 0) is 4.74 Å². The Morgan fingerprint density at radius 2 is 1.90 bits per heavy atom. The summed E-state index contributed by atoms with van der Waals surface area (Å²) in [4.78, 5) is 0. The normalized spacial score (nSPS) is 19.8. The van der Waals surface area contributed by atoms with Crippen LogP contribution in [0.1, 0.15) is 43.7 Å². The van der Waals surface area contributed by atoms with Gasteiger partial charge in [0.2, 0.25) is 0 Å². The van der Waals surface area contributed by atoms with Crippen molar-refractivity contribution in [2.24, 2.45) is 11.8 Å². The third-order valence-corrected chi connectivity index (χ3v) is 4.94. The van der Waals surface area contributed by atoms with Crippen LogP contribution in [0.2, 0.25) is 10.0 Å². The van der Waals surface area contributed by atoms with Crippen molar-refractivity contribution in [1.29, 1.82) is 0 Å². The molecule has 2 atom stereocenters. The van der Waals surface area contributed by atoms with Crippen LogP contribution in [0.15, 0.2) is 18.2 Å². The van der Waals surface area contributed by atoms with Gasteiger partial charge in [-0.3, -0.25) is 11.3 Å². The van der Waals surface area contributed by atoms with Crippen LogP contribution in [0.4, 0.5) is 0 Å². The standard InChI is InChI=1S/C15H22Cl2N2O/c1-20-15(10-5-3-2-4-6-10)14(19-18)11-7-8-12(16)13(17)9-11/h7-10,14-15,19H,2-6,18H2,1H3. The Labute approximate surface area is 130 Å². The summed E-state index contributed by atoms with van der Waals surface area (Å²) in [6.45, 7) is 0. The summed E-state index contributed by atoms with van der Waals surface area (Å²) in [6, 6.07) is 5.55. The van der Waals surface area contributed by atoms with E-state index >= 15 is 0 Å². The maximum Gasteiger partial charge on any atom is 0.0806 e. The van der Waals surface area contributed by atoms with Gasteiger partial charge in [-0.2, -0.15) is 0 Å². The highest BCUT2D eigenvalue weighted by Gasteiger charge is 2.31. The van der Waals surface area contributed by atoms with E-state index in [4.69, 9.17) is 33.8 Å². The van der Waals surface area contributed by atoms with E-state index in [-0.39, 0.29) is 12.1 Å². The van der Waals surface area contributed by atoms with Crippen molar-refractivity contribution >= 4 is 23.2 Å². The van der Waals surface area contributed by atoms with Gasteiger partial charge in [-0.1, -0.05) is 48.5 Å². The number of hydrogen-bond donors (Lipinski definition) is 2. The fourth-order valence-corrected chi connectivity index (χ4v) is 3.46. The molecule has 0 bridgehead atoms. The molecule has 1 saturated carbocycles. The fourth-order valence-electron chi connectivity index (χ4n) is 3.15. The van der Waals surface area contributed by atoms with Gasteiger partial charge in [-0.25, -0.2) is 0 Å². The number of hydrogen-bond acceptors (Lipinski definition) is 3. The van der Waals surface area contributed by atoms with E-state index < -0.39 is 0 Å². The molecule has 1 aliphatic rings. The molecule has 3 nitrogen and oxygen atoms in total. The first-order valence-electron chi connectivity index (χ1n) is 7.11. The van der Waals surface area contributed by atoms with Crippen LogP contribution < -0.4 is 11.3 Å². The first-order chi connectivity index (χ1) is 9.67. The zero-order valence-corrected chi connectivity index (χ0v) is 13.3. The van der Waals surface area contributed by atoms with E-state index in [1.54, 1.807) is 13.2 Å². The minimum absolute atomic E-state index is 0.0533. The van der Waals surface area contributed by atoms with Crippen LogP contribution in [-0.4, -0.2) is 13.2 Å². The van der Waals surface area contributed by atoms with Gasteiger partial charge in [0.05, 0.1) is 22.2 Å². The number of hydrazine groups is 1. The molecule has 1 fully saturated rings. The molecule has 0 saturated heterocycles. The Morgan fingerprint density at radius 3 is 2.45 bits per heavy atom. The van der Waals surface area contributed by atoms with Gasteiger partial charge in [-0.15, -0.1) is 0 Å². The van der Waals surface area contributed by atoms with Gasteiger partial charge in [0.25, 0.3) is 0 Å². The molecule has 3 N–H and O–H groups in total. The lowest BCUT2D eigenvalue weighted by Gasteiger charge is -2.34. The second-order valence-electron chi connectivity index (χ2n) is 5.42. The van der Waals surface area contributed by atoms with Crippen LogP contribution in [0.5, 0.6) is 0 Å². The number of rotatable bonds is 5. The van der Waals surface area contributed by atoms with Crippen molar-refractivity contribution in [3.05, 3.63) is 33.8 Å². The Bertz CT molecular complexity index is 436. The predicted octanol–water partition coefficient (Wildman–Crippen LogP) is 4.09. The van der Waals surface area contributed by atoms with Crippen molar-refractivity contribution in [2.45, 2.75) is 44.2 Å². The maximum absolute atomic E-state index is 6.11. The highest BCUT2D eigenvalue weighted by atomic mass is 35.5. The van der Waals surface area contributed by atoms with E-state index in [0.29, 0.717) is 16.0 Å². The summed E-state index contributed by atoms with van der Waals surface area (Å²) in [5.74, 6) is 6.30. The second-order valence-corrected chi connectivity index (χ2v) is 6.23. The molecule has 1 aromatic rings. The number of ether oxygens (including phenoxy) is 1. The van der Waals surface area contributed by atoms with Crippen molar-refractivity contribution in [1.82, 2.24) is 5.43 Å². The molecule has 1 aliphatic carbocycles. The molecule has 0 spiro atoms. The molecule has 0 radical (unpaired) electrons. The van der Waals surface area contributed by atoms with E-state index in [0.717, 1.165) is 5.56 Å². The Kier molecular flexibility index (Phi) is 6.12. The SMILES string of the molecule is COC(C1CCCCC1)C(NN)c1ccc(Cl)c(Cl)c1. The third kappa shape index (κ3) is 3.66. The first-order valence-corrected chi connectivity index (χ1v) is 7.87. The zero-order valence-electron chi connectivity index (χ0n) is 11.7. The van der Waals surface area contributed by atoms with Crippen LogP contribution in [0.25, 0.3) is 0 Å². The van der Waals surface area contributed by atoms with Crippen LogP contribution in [0.3, 0.4) is 0 Å². The molecule has 0 aromatic heterocycles. The average molecular weight is 317 g/mol. The number of nitrogens with two attached hydrogens (primary N) is 1. The molecule has 20 heavy (non-hydrogen) atoms. The number of halogens is 2. The lowest BCUT2D eigenvalue weighted by Crippen LogP contribution is -2.42. The topological polar surface area (TPSA) is 47.3 Å². The number of nitrogens with one attached hydrogen (secondary N) is 1. The molecule has 5 heteroatoms. The lowest BCUT2D eigenvalue weighted by atomic mass is 9.81. The quantitative estimate of drug-likeness (QED) is 0.635. The molecular weight excluding hydrogens is 295 g/mol. The summed E-state index contributed by atoms with van der Waals surface area (Å²) in [7, 11) is 1.75. The van der Waals surface area contributed by atoms with Crippen molar-refractivity contribution in [3.8, 4) is 0 Å². The summed E-state index contributed by atoms with van der Waals surface area (Å²) < 4.78 is 5.75. The molecule has 2 unspecified atom stereocenters. The van der Waals surface area contributed by atoms with E-state index in [2.05, 4.69) is 5.43 Å². The zero-order chi connectivity index (χ0) is 14.5.